The highest BCUT2D eigenvalue weighted by Gasteiger charge is 2.16. The lowest BCUT2D eigenvalue weighted by Gasteiger charge is -2.09. The van der Waals surface area contributed by atoms with Gasteiger partial charge in [0.05, 0.1) is 18.2 Å². The molecule has 1 rings (SSSR count). The molecule has 4 nitrogen and oxygen atoms in total. The van der Waals surface area contributed by atoms with Crippen LogP contribution in [0, 0.1) is 11.3 Å². The van der Waals surface area contributed by atoms with Crippen molar-refractivity contribution in [2.45, 2.75) is 19.9 Å². The third-order valence-electron chi connectivity index (χ3n) is 2.43. The molecule has 0 aromatic heterocycles. The molecule has 16 heavy (non-hydrogen) atoms. The first-order valence-electron chi connectivity index (χ1n) is 5.02. The SMILES string of the molecule is CCc1cc(CN)c(C#N)c(C(=O)OC)c1. The van der Waals surface area contributed by atoms with Crippen molar-refractivity contribution in [3.05, 3.63) is 34.4 Å². The Morgan fingerprint density at radius 1 is 1.56 bits per heavy atom. The van der Waals surface area contributed by atoms with Gasteiger partial charge in [0, 0.05) is 6.54 Å². The smallest absolute Gasteiger partial charge is 0.339 e. The van der Waals surface area contributed by atoms with Gasteiger partial charge in [0.15, 0.2) is 0 Å². The first kappa shape index (κ1) is 12.2. The lowest BCUT2D eigenvalue weighted by Crippen LogP contribution is -2.10. The summed E-state index contributed by atoms with van der Waals surface area (Å²) in [6.07, 6.45) is 0.780. The first-order chi connectivity index (χ1) is 7.67. The molecule has 4 heteroatoms. The number of esters is 1. The zero-order valence-electron chi connectivity index (χ0n) is 9.41. The van der Waals surface area contributed by atoms with E-state index in [1.807, 2.05) is 19.1 Å². The van der Waals surface area contributed by atoms with Crippen LogP contribution >= 0.6 is 0 Å². The molecule has 84 valence electrons. The highest BCUT2D eigenvalue weighted by Crippen LogP contribution is 2.18. The Bertz CT molecular complexity index is 447. The molecule has 1 aromatic rings. The quantitative estimate of drug-likeness (QED) is 0.777. The van der Waals surface area contributed by atoms with E-state index in [0.717, 1.165) is 12.0 Å². The number of benzene rings is 1. The van der Waals surface area contributed by atoms with Crippen LogP contribution in [0.3, 0.4) is 0 Å². The van der Waals surface area contributed by atoms with Crippen molar-refractivity contribution in [3.63, 3.8) is 0 Å². The van der Waals surface area contributed by atoms with Crippen molar-refractivity contribution in [2.24, 2.45) is 5.73 Å². The number of rotatable bonds is 3. The minimum atomic E-state index is -0.499. The Morgan fingerprint density at radius 3 is 2.69 bits per heavy atom. The fourth-order valence-corrected chi connectivity index (χ4v) is 1.54. The van der Waals surface area contributed by atoms with E-state index in [1.165, 1.54) is 7.11 Å². The Labute approximate surface area is 94.6 Å². The number of carbonyl (C=O) groups is 1. The minimum absolute atomic E-state index is 0.237. The van der Waals surface area contributed by atoms with Gasteiger partial charge in [0.25, 0.3) is 0 Å². The van der Waals surface area contributed by atoms with Gasteiger partial charge in [-0.05, 0) is 23.6 Å². The van der Waals surface area contributed by atoms with Crippen LogP contribution in [-0.2, 0) is 17.7 Å². The van der Waals surface area contributed by atoms with Crippen LogP contribution in [-0.4, -0.2) is 13.1 Å². The lowest BCUT2D eigenvalue weighted by atomic mass is 9.97. The zero-order valence-corrected chi connectivity index (χ0v) is 9.41. The van der Waals surface area contributed by atoms with E-state index < -0.39 is 5.97 Å². The average Bonchev–Trinajstić information content (AvgIpc) is 2.35. The zero-order chi connectivity index (χ0) is 12.1. The third kappa shape index (κ3) is 2.20. The third-order valence-corrected chi connectivity index (χ3v) is 2.43. The molecule has 0 amide bonds. The van der Waals surface area contributed by atoms with Crippen LogP contribution in [0.1, 0.15) is 34.0 Å². The highest BCUT2D eigenvalue weighted by atomic mass is 16.5. The fraction of sp³-hybridized carbons (Fsp3) is 0.333. The first-order valence-corrected chi connectivity index (χ1v) is 5.02. The molecule has 0 radical (unpaired) electrons. The summed E-state index contributed by atoms with van der Waals surface area (Å²) >= 11 is 0. The van der Waals surface area contributed by atoms with Crippen LogP contribution in [0.2, 0.25) is 0 Å². The molecule has 0 fully saturated rings. The second kappa shape index (κ2) is 5.29. The molecule has 0 unspecified atom stereocenters. The fourth-order valence-electron chi connectivity index (χ4n) is 1.54. The molecule has 0 atom stereocenters. The largest absolute Gasteiger partial charge is 0.465 e. The normalized spacial score (nSPS) is 9.62. The van der Waals surface area contributed by atoms with Crippen molar-refractivity contribution in [1.29, 1.82) is 5.26 Å². The Morgan fingerprint density at radius 2 is 2.25 bits per heavy atom. The summed E-state index contributed by atoms with van der Waals surface area (Å²) in [7, 11) is 1.30. The monoisotopic (exact) mass is 218 g/mol. The number of aryl methyl sites for hydroxylation is 1. The van der Waals surface area contributed by atoms with Gasteiger partial charge in [-0.2, -0.15) is 5.26 Å². The topological polar surface area (TPSA) is 76.1 Å². The second-order valence-electron chi connectivity index (χ2n) is 3.34. The summed E-state index contributed by atoms with van der Waals surface area (Å²) < 4.78 is 4.65. The number of nitrogens with zero attached hydrogens (tertiary/aromatic N) is 1. The van der Waals surface area contributed by atoms with E-state index in [9.17, 15) is 4.79 Å². The van der Waals surface area contributed by atoms with E-state index in [1.54, 1.807) is 6.07 Å². The highest BCUT2D eigenvalue weighted by molar-refractivity contribution is 5.92. The summed E-state index contributed by atoms with van der Waals surface area (Å²) in [4.78, 5) is 11.5. The Kier molecular flexibility index (Phi) is 4.03. The molecular formula is C12H14N2O2. The van der Waals surface area contributed by atoms with Crippen LogP contribution in [0.15, 0.2) is 12.1 Å². The van der Waals surface area contributed by atoms with E-state index in [0.29, 0.717) is 16.7 Å². The Hall–Kier alpha value is -1.86. The summed E-state index contributed by atoms with van der Waals surface area (Å²) in [6.45, 7) is 2.21. The second-order valence-corrected chi connectivity index (χ2v) is 3.34. The molecule has 0 spiro atoms. The molecule has 0 aliphatic rings. The molecule has 0 aliphatic carbocycles. The van der Waals surface area contributed by atoms with Gasteiger partial charge < -0.3 is 10.5 Å². The van der Waals surface area contributed by atoms with Gasteiger partial charge in [-0.25, -0.2) is 4.79 Å². The number of nitriles is 1. The van der Waals surface area contributed by atoms with Gasteiger partial charge in [-0.1, -0.05) is 13.0 Å². The number of carbonyl (C=O) groups excluding carboxylic acids is 1. The molecule has 0 saturated heterocycles. The molecule has 0 aliphatic heterocycles. The van der Waals surface area contributed by atoms with E-state index >= 15 is 0 Å². The summed E-state index contributed by atoms with van der Waals surface area (Å²) in [5.74, 6) is -0.499. The maximum atomic E-state index is 11.5. The molecule has 0 bridgehead atoms. The maximum absolute atomic E-state index is 11.5. The Balaban J connectivity index is 3.44. The van der Waals surface area contributed by atoms with Gasteiger partial charge in [-0.3, -0.25) is 0 Å². The lowest BCUT2D eigenvalue weighted by molar-refractivity contribution is 0.0600. The molecule has 2 N–H and O–H groups in total. The standard InChI is InChI=1S/C12H14N2O2/c1-3-8-4-9(6-13)11(7-14)10(5-8)12(15)16-2/h4-5H,3,6,13H2,1-2H3. The molecular weight excluding hydrogens is 204 g/mol. The summed E-state index contributed by atoms with van der Waals surface area (Å²) in [6, 6.07) is 5.54. The number of hydrogen-bond donors (Lipinski definition) is 1. The van der Waals surface area contributed by atoms with Crippen LogP contribution < -0.4 is 5.73 Å². The van der Waals surface area contributed by atoms with Gasteiger partial charge in [0.1, 0.15) is 6.07 Å². The minimum Gasteiger partial charge on any atom is -0.465 e. The van der Waals surface area contributed by atoms with Crippen LogP contribution in [0.25, 0.3) is 0 Å². The molecule has 0 saturated carbocycles. The summed E-state index contributed by atoms with van der Waals surface area (Å²) in [5, 5.41) is 9.03. The predicted molar refractivity (Wildman–Crippen MR) is 59.8 cm³/mol. The van der Waals surface area contributed by atoms with Crippen molar-refractivity contribution >= 4 is 5.97 Å². The van der Waals surface area contributed by atoms with Crippen molar-refractivity contribution < 1.29 is 9.53 Å². The number of methoxy groups -OCH3 is 1. The van der Waals surface area contributed by atoms with Gasteiger partial charge in [0.2, 0.25) is 0 Å². The van der Waals surface area contributed by atoms with E-state index in [-0.39, 0.29) is 6.54 Å². The van der Waals surface area contributed by atoms with Crippen molar-refractivity contribution in [1.82, 2.24) is 0 Å². The van der Waals surface area contributed by atoms with Crippen molar-refractivity contribution in [2.75, 3.05) is 7.11 Å². The number of ether oxygens (including phenoxy) is 1. The van der Waals surface area contributed by atoms with Crippen molar-refractivity contribution in [3.8, 4) is 6.07 Å². The maximum Gasteiger partial charge on any atom is 0.339 e. The van der Waals surface area contributed by atoms with E-state index in [2.05, 4.69) is 4.74 Å². The van der Waals surface area contributed by atoms with Gasteiger partial charge >= 0.3 is 5.97 Å². The van der Waals surface area contributed by atoms with Gasteiger partial charge in [-0.15, -0.1) is 0 Å². The predicted octanol–water partition coefficient (Wildman–Crippen LogP) is 1.37. The van der Waals surface area contributed by atoms with Crippen LogP contribution in [0.5, 0.6) is 0 Å². The number of hydrogen-bond acceptors (Lipinski definition) is 4. The number of nitrogens with two attached hydrogens (primary N) is 1. The average molecular weight is 218 g/mol. The summed E-state index contributed by atoms with van der Waals surface area (Å²) in [5.41, 5.74) is 7.82. The van der Waals surface area contributed by atoms with E-state index in [4.69, 9.17) is 11.0 Å². The molecule has 1 aromatic carbocycles. The van der Waals surface area contributed by atoms with Crippen LogP contribution in [0.4, 0.5) is 0 Å². The molecule has 0 heterocycles.